The van der Waals surface area contributed by atoms with Crippen LogP contribution in [0.4, 0.5) is 0 Å². The van der Waals surface area contributed by atoms with E-state index in [-0.39, 0.29) is 0 Å². The van der Waals surface area contributed by atoms with Crippen LogP contribution in [-0.4, -0.2) is 10.4 Å². The zero-order valence-electron chi connectivity index (χ0n) is 8.81. The number of rotatable bonds is 3. The Hall–Kier alpha value is -1.12. The molecule has 1 nitrogen and oxygen atoms in total. The molecule has 0 unspecified atom stereocenters. The number of halogens is 1. The van der Waals surface area contributed by atoms with Crippen LogP contribution >= 0.6 is 15.9 Å². The van der Waals surface area contributed by atoms with Crippen LogP contribution in [0.3, 0.4) is 0 Å². The average Bonchev–Trinajstić information content (AvgIpc) is 2.39. The van der Waals surface area contributed by atoms with Crippen molar-refractivity contribution in [3.63, 3.8) is 0 Å². The fourth-order valence-electron chi connectivity index (χ4n) is 1.62. The first kappa shape index (κ1) is 11.4. The summed E-state index contributed by atoms with van der Waals surface area (Å²) in [5, 5.41) is 10.2. The zero-order valence-corrected chi connectivity index (χ0v) is 10.4. The molecule has 82 valence electrons. The van der Waals surface area contributed by atoms with Crippen molar-refractivity contribution in [3.05, 3.63) is 60.2 Å². The molecule has 2 aromatic rings. The van der Waals surface area contributed by atoms with Gasteiger partial charge in [0.05, 0.1) is 6.10 Å². The second-order valence-electron chi connectivity index (χ2n) is 3.66. The molecule has 0 aliphatic heterocycles. The highest BCUT2D eigenvalue weighted by atomic mass is 79.9. The second-order valence-corrected chi connectivity index (χ2v) is 4.31. The van der Waals surface area contributed by atoms with Gasteiger partial charge in [0.1, 0.15) is 0 Å². The first-order valence-electron chi connectivity index (χ1n) is 5.20. The van der Waals surface area contributed by atoms with Crippen LogP contribution in [-0.2, 0) is 0 Å². The molecule has 0 spiro atoms. The summed E-state index contributed by atoms with van der Waals surface area (Å²) in [7, 11) is 0. The number of hydrogen-bond donors (Lipinski definition) is 1. The molecule has 0 bridgehead atoms. The lowest BCUT2D eigenvalue weighted by Gasteiger charge is -2.08. The van der Waals surface area contributed by atoms with Crippen molar-refractivity contribution < 1.29 is 5.11 Å². The van der Waals surface area contributed by atoms with Crippen molar-refractivity contribution in [2.75, 3.05) is 5.33 Å². The summed E-state index contributed by atoms with van der Waals surface area (Å²) in [4.78, 5) is 0. The number of alkyl halides is 1. The third-order valence-corrected chi connectivity index (χ3v) is 3.16. The molecule has 0 fully saturated rings. The molecule has 2 heteroatoms. The molecule has 0 saturated carbocycles. The Morgan fingerprint density at radius 3 is 2.00 bits per heavy atom. The van der Waals surface area contributed by atoms with Crippen molar-refractivity contribution in [1.82, 2.24) is 0 Å². The van der Waals surface area contributed by atoms with E-state index in [2.05, 4.69) is 28.1 Å². The highest BCUT2D eigenvalue weighted by Gasteiger charge is 2.05. The Morgan fingerprint density at radius 2 is 1.44 bits per heavy atom. The lowest BCUT2D eigenvalue weighted by Crippen LogP contribution is -1.97. The maximum atomic E-state index is 9.64. The van der Waals surface area contributed by atoms with Crippen LogP contribution in [0.2, 0.25) is 0 Å². The van der Waals surface area contributed by atoms with Crippen molar-refractivity contribution in [3.8, 4) is 11.1 Å². The summed E-state index contributed by atoms with van der Waals surface area (Å²) >= 11 is 3.26. The Kier molecular flexibility index (Phi) is 3.75. The number of hydrogen-bond acceptors (Lipinski definition) is 1. The van der Waals surface area contributed by atoms with Gasteiger partial charge in [0.25, 0.3) is 0 Å². The van der Waals surface area contributed by atoms with Gasteiger partial charge in [-0.1, -0.05) is 70.5 Å². The molecule has 2 aromatic carbocycles. The molecule has 0 aliphatic carbocycles. The quantitative estimate of drug-likeness (QED) is 0.846. The largest absolute Gasteiger partial charge is 0.388 e. The Morgan fingerprint density at radius 1 is 0.875 bits per heavy atom. The van der Waals surface area contributed by atoms with Crippen molar-refractivity contribution >= 4 is 15.9 Å². The van der Waals surface area contributed by atoms with Crippen molar-refractivity contribution in [1.29, 1.82) is 0 Å². The minimum absolute atomic E-state index is 0.426. The topological polar surface area (TPSA) is 20.2 Å². The van der Waals surface area contributed by atoms with E-state index in [1.807, 2.05) is 42.5 Å². The smallest absolute Gasteiger partial charge is 0.0886 e. The van der Waals surface area contributed by atoms with E-state index in [1.165, 1.54) is 11.1 Å². The lowest BCUT2D eigenvalue weighted by atomic mass is 10.0. The molecule has 0 radical (unpaired) electrons. The molecule has 0 amide bonds. The highest BCUT2D eigenvalue weighted by molar-refractivity contribution is 9.09. The Labute approximate surface area is 104 Å². The van der Waals surface area contributed by atoms with Crippen LogP contribution in [0, 0.1) is 0 Å². The van der Waals surface area contributed by atoms with Gasteiger partial charge in [0, 0.05) is 5.33 Å². The van der Waals surface area contributed by atoms with Crippen LogP contribution in [0.15, 0.2) is 54.6 Å². The first-order chi connectivity index (χ1) is 7.81. The summed E-state index contributed by atoms with van der Waals surface area (Å²) in [6.45, 7) is 0. The van der Waals surface area contributed by atoms with Crippen molar-refractivity contribution in [2.45, 2.75) is 6.10 Å². The van der Waals surface area contributed by atoms with Gasteiger partial charge in [-0.05, 0) is 16.7 Å². The average molecular weight is 277 g/mol. The van der Waals surface area contributed by atoms with Crippen LogP contribution in [0.5, 0.6) is 0 Å². The highest BCUT2D eigenvalue weighted by Crippen LogP contribution is 2.22. The predicted molar refractivity (Wildman–Crippen MR) is 70.6 cm³/mol. The van der Waals surface area contributed by atoms with Gasteiger partial charge in [-0.15, -0.1) is 0 Å². The SMILES string of the molecule is O[C@@H](CBr)c1ccc(-c2ccccc2)cc1. The summed E-state index contributed by atoms with van der Waals surface area (Å²) < 4.78 is 0. The van der Waals surface area contributed by atoms with Crippen LogP contribution in [0.1, 0.15) is 11.7 Å². The van der Waals surface area contributed by atoms with Crippen molar-refractivity contribution in [2.24, 2.45) is 0 Å². The van der Waals surface area contributed by atoms with Gasteiger partial charge >= 0.3 is 0 Å². The summed E-state index contributed by atoms with van der Waals surface area (Å²) in [5.74, 6) is 0. The van der Waals surface area contributed by atoms with Crippen LogP contribution < -0.4 is 0 Å². The van der Waals surface area contributed by atoms with Gasteiger partial charge in [-0.25, -0.2) is 0 Å². The normalized spacial score (nSPS) is 12.4. The van der Waals surface area contributed by atoms with Gasteiger partial charge in [-0.3, -0.25) is 0 Å². The van der Waals surface area contributed by atoms with Gasteiger partial charge in [0.15, 0.2) is 0 Å². The molecule has 0 saturated heterocycles. The minimum atomic E-state index is -0.426. The molecule has 2 rings (SSSR count). The molecule has 1 atom stereocenters. The fraction of sp³-hybridized carbons (Fsp3) is 0.143. The number of aliphatic hydroxyl groups excluding tert-OH is 1. The Bertz CT molecular complexity index is 436. The molecular weight excluding hydrogens is 264 g/mol. The third kappa shape index (κ3) is 2.52. The van der Waals surface area contributed by atoms with E-state index in [9.17, 15) is 5.11 Å². The maximum Gasteiger partial charge on any atom is 0.0886 e. The molecule has 0 aliphatic rings. The molecule has 1 N–H and O–H groups in total. The maximum absolute atomic E-state index is 9.64. The van der Waals surface area contributed by atoms with Crippen LogP contribution in [0.25, 0.3) is 11.1 Å². The lowest BCUT2D eigenvalue weighted by molar-refractivity contribution is 0.205. The predicted octanol–water partition coefficient (Wildman–Crippen LogP) is 3.78. The molecule has 16 heavy (non-hydrogen) atoms. The minimum Gasteiger partial charge on any atom is -0.388 e. The van der Waals surface area contributed by atoms with Gasteiger partial charge in [0.2, 0.25) is 0 Å². The second kappa shape index (κ2) is 5.28. The molecular formula is C14H13BrO. The first-order valence-corrected chi connectivity index (χ1v) is 6.33. The zero-order chi connectivity index (χ0) is 11.4. The standard InChI is InChI=1S/C14H13BrO/c15-10-14(16)13-8-6-12(7-9-13)11-4-2-1-3-5-11/h1-9,14,16H,10H2/t14-/m0/s1. The third-order valence-electron chi connectivity index (χ3n) is 2.55. The Balaban J connectivity index is 2.26. The van der Waals surface area contributed by atoms with E-state index in [0.717, 1.165) is 5.56 Å². The summed E-state index contributed by atoms with van der Waals surface area (Å²) in [6, 6.07) is 18.2. The fourth-order valence-corrected chi connectivity index (χ4v) is 1.99. The molecule has 0 heterocycles. The monoisotopic (exact) mass is 276 g/mol. The van der Waals surface area contributed by atoms with E-state index in [1.54, 1.807) is 0 Å². The van der Waals surface area contributed by atoms with E-state index >= 15 is 0 Å². The van der Waals surface area contributed by atoms with E-state index < -0.39 is 6.10 Å². The molecule has 0 aromatic heterocycles. The number of aliphatic hydroxyl groups is 1. The van der Waals surface area contributed by atoms with Gasteiger partial charge in [-0.2, -0.15) is 0 Å². The summed E-state index contributed by atoms with van der Waals surface area (Å²) in [5.41, 5.74) is 3.31. The van der Waals surface area contributed by atoms with E-state index in [0.29, 0.717) is 5.33 Å². The van der Waals surface area contributed by atoms with Gasteiger partial charge < -0.3 is 5.11 Å². The summed E-state index contributed by atoms with van der Waals surface area (Å²) in [6.07, 6.45) is -0.426. The van der Waals surface area contributed by atoms with E-state index in [4.69, 9.17) is 0 Å². The number of benzene rings is 2.